The van der Waals surface area contributed by atoms with E-state index in [1.165, 1.54) is 0 Å². The lowest BCUT2D eigenvalue weighted by Crippen LogP contribution is -2.34. The summed E-state index contributed by atoms with van der Waals surface area (Å²) in [4.78, 5) is 16.5. The molecule has 0 unspecified atom stereocenters. The predicted molar refractivity (Wildman–Crippen MR) is 82.0 cm³/mol. The van der Waals surface area contributed by atoms with E-state index in [0.29, 0.717) is 24.1 Å². The third-order valence-corrected chi connectivity index (χ3v) is 2.43. The highest BCUT2D eigenvalue weighted by molar-refractivity contribution is 6.04. The molecule has 0 fully saturated rings. The van der Waals surface area contributed by atoms with E-state index in [1.54, 1.807) is 6.07 Å². The number of carbonyl (C=O) groups excluding carboxylic acids is 1. The van der Waals surface area contributed by atoms with Crippen LogP contribution in [-0.4, -0.2) is 24.6 Å². The number of aryl methyl sites for hydroxylation is 1. The summed E-state index contributed by atoms with van der Waals surface area (Å²) in [6.45, 7) is 10.5. The van der Waals surface area contributed by atoms with Crippen LogP contribution in [0.3, 0.4) is 0 Å². The van der Waals surface area contributed by atoms with Gasteiger partial charge in [0.2, 0.25) is 0 Å². The summed E-state index contributed by atoms with van der Waals surface area (Å²) in [5.74, 6) is 0.181. The quantitative estimate of drug-likeness (QED) is 0.678. The Hall–Kier alpha value is -1.84. The van der Waals surface area contributed by atoms with Crippen LogP contribution in [0.1, 0.15) is 43.6 Å². The van der Waals surface area contributed by atoms with Crippen LogP contribution in [0.25, 0.3) is 0 Å². The minimum atomic E-state index is -0.197. The van der Waals surface area contributed by atoms with Gasteiger partial charge in [-0.25, -0.2) is 4.99 Å². The zero-order valence-corrected chi connectivity index (χ0v) is 12.9. The molecule has 0 atom stereocenters. The van der Waals surface area contributed by atoms with Crippen molar-refractivity contribution in [3.8, 4) is 0 Å². The molecule has 0 spiro atoms. The van der Waals surface area contributed by atoms with E-state index >= 15 is 0 Å². The molecule has 110 valence electrons. The lowest BCUT2D eigenvalue weighted by atomic mass is 10.1. The highest BCUT2D eigenvalue weighted by Crippen LogP contribution is 2.04. The maximum atomic E-state index is 12.2. The first-order chi connectivity index (χ1) is 9.38. The summed E-state index contributed by atoms with van der Waals surface area (Å²) < 4.78 is 5.55. The van der Waals surface area contributed by atoms with Crippen molar-refractivity contribution in [3.63, 3.8) is 0 Å². The van der Waals surface area contributed by atoms with Crippen molar-refractivity contribution in [2.24, 2.45) is 10.9 Å². The molecule has 1 aromatic rings. The fourth-order valence-electron chi connectivity index (χ4n) is 1.54. The molecule has 0 heterocycles. The molecule has 1 aromatic carbocycles. The van der Waals surface area contributed by atoms with Crippen molar-refractivity contribution in [2.45, 2.75) is 40.7 Å². The first-order valence-corrected chi connectivity index (χ1v) is 6.97. The normalized spacial score (nSPS) is 11.8. The number of hydrogen-bond donors (Lipinski definition) is 1. The van der Waals surface area contributed by atoms with E-state index in [0.717, 1.165) is 5.56 Å². The molecule has 0 saturated carbocycles. The Kier molecular flexibility index (Phi) is 6.22. The van der Waals surface area contributed by atoms with Crippen molar-refractivity contribution in [2.75, 3.05) is 6.61 Å². The summed E-state index contributed by atoms with van der Waals surface area (Å²) in [6.07, 6.45) is 0. The van der Waals surface area contributed by atoms with Gasteiger partial charge >= 0.3 is 0 Å². The van der Waals surface area contributed by atoms with Gasteiger partial charge in [0.25, 0.3) is 11.9 Å². The maximum Gasteiger partial charge on any atom is 0.291 e. The second kappa shape index (κ2) is 7.68. The standard InChI is InChI=1S/C16H24N2O2/c1-11(2)10-20-16(17-12(3)4)18-15(19)14-8-6-7-13(5)9-14/h6-9,11-12H,10H2,1-5H3,(H,17,18,19). The average molecular weight is 276 g/mol. The molecule has 0 aromatic heterocycles. The monoisotopic (exact) mass is 276 g/mol. The van der Waals surface area contributed by atoms with Crippen LogP contribution in [0.15, 0.2) is 29.3 Å². The van der Waals surface area contributed by atoms with Crippen LogP contribution in [0.4, 0.5) is 0 Å². The zero-order valence-electron chi connectivity index (χ0n) is 12.9. The number of carbonyl (C=O) groups is 1. The topological polar surface area (TPSA) is 50.7 Å². The minimum Gasteiger partial charge on any atom is -0.465 e. The van der Waals surface area contributed by atoms with Crippen LogP contribution in [0.5, 0.6) is 0 Å². The molecule has 1 amide bonds. The summed E-state index contributed by atoms with van der Waals surface area (Å²) in [6, 6.07) is 7.78. The van der Waals surface area contributed by atoms with Crippen LogP contribution in [-0.2, 0) is 4.74 Å². The molecule has 0 aliphatic rings. The molecule has 0 aliphatic heterocycles. The van der Waals surface area contributed by atoms with Gasteiger partial charge in [-0.05, 0) is 38.8 Å². The molecular weight excluding hydrogens is 252 g/mol. The van der Waals surface area contributed by atoms with Crippen LogP contribution < -0.4 is 5.32 Å². The third-order valence-electron chi connectivity index (χ3n) is 2.43. The van der Waals surface area contributed by atoms with E-state index < -0.39 is 0 Å². The van der Waals surface area contributed by atoms with Gasteiger partial charge in [-0.15, -0.1) is 0 Å². The molecule has 4 nitrogen and oxygen atoms in total. The number of amidine groups is 1. The SMILES string of the molecule is Cc1cccc(C(=O)NC(=NC(C)C)OCC(C)C)c1. The first-order valence-electron chi connectivity index (χ1n) is 6.97. The molecule has 20 heavy (non-hydrogen) atoms. The Morgan fingerprint density at radius 1 is 1.30 bits per heavy atom. The number of amides is 1. The van der Waals surface area contributed by atoms with Gasteiger partial charge in [0.05, 0.1) is 6.61 Å². The summed E-state index contributed by atoms with van der Waals surface area (Å²) in [7, 11) is 0. The number of rotatable bonds is 4. The summed E-state index contributed by atoms with van der Waals surface area (Å²) in [5, 5.41) is 2.74. The van der Waals surface area contributed by atoms with Gasteiger partial charge in [-0.1, -0.05) is 31.5 Å². The smallest absolute Gasteiger partial charge is 0.291 e. The third kappa shape index (κ3) is 5.87. The van der Waals surface area contributed by atoms with Gasteiger partial charge in [0.1, 0.15) is 0 Å². The number of hydrogen-bond acceptors (Lipinski definition) is 3. The van der Waals surface area contributed by atoms with E-state index in [-0.39, 0.29) is 11.9 Å². The Morgan fingerprint density at radius 3 is 2.55 bits per heavy atom. The van der Waals surface area contributed by atoms with Crippen molar-refractivity contribution < 1.29 is 9.53 Å². The van der Waals surface area contributed by atoms with Gasteiger partial charge in [0.15, 0.2) is 0 Å². The van der Waals surface area contributed by atoms with Gasteiger partial charge < -0.3 is 4.74 Å². The minimum absolute atomic E-state index is 0.0648. The molecule has 0 radical (unpaired) electrons. The Morgan fingerprint density at radius 2 is 2.00 bits per heavy atom. The van der Waals surface area contributed by atoms with Gasteiger partial charge in [-0.3, -0.25) is 10.1 Å². The molecule has 0 saturated heterocycles. The van der Waals surface area contributed by atoms with Crippen molar-refractivity contribution in [1.29, 1.82) is 0 Å². The number of nitrogens with zero attached hydrogens (tertiary/aromatic N) is 1. The van der Waals surface area contributed by atoms with E-state index in [4.69, 9.17) is 4.74 Å². The average Bonchev–Trinajstić information content (AvgIpc) is 2.35. The van der Waals surface area contributed by atoms with Gasteiger partial charge in [0, 0.05) is 11.6 Å². The number of ether oxygens (including phenoxy) is 1. The molecule has 0 aliphatic carbocycles. The largest absolute Gasteiger partial charge is 0.465 e. The Labute approximate surface area is 121 Å². The molecule has 4 heteroatoms. The molecule has 0 bridgehead atoms. The van der Waals surface area contributed by atoms with Gasteiger partial charge in [-0.2, -0.15) is 0 Å². The molecular formula is C16H24N2O2. The lowest BCUT2D eigenvalue weighted by molar-refractivity contribution is 0.0963. The predicted octanol–water partition coefficient (Wildman–Crippen LogP) is 3.16. The van der Waals surface area contributed by atoms with E-state index in [9.17, 15) is 4.79 Å². The second-order valence-corrected chi connectivity index (χ2v) is 5.56. The Balaban J connectivity index is 2.76. The number of aliphatic imine (C=N–C) groups is 1. The number of benzene rings is 1. The second-order valence-electron chi connectivity index (χ2n) is 5.56. The van der Waals surface area contributed by atoms with Crippen LogP contribution >= 0.6 is 0 Å². The van der Waals surface area contributed by atoms with Crippen molar-refractivity contribution in [1.82, 2.24) is 5.32 Å². The van der Waals surface area contributed by atoms with Crippen molar-refractivity contribution >= 4 is 11.9 Å². The fraction of sp³-hybridized carbons (Fsp3) is 0.500. The highest BCUT2D eigenvalue weighted by atomic mass is 16.5. The molecule has 1 rings (SSSR count). The summed E-state index contributed by atoms with van der Waals surface area (Å²) >= 11 is 0. The fourth-order valence-corrected chi connectivity index (χ4v) is 1.54. The van der Waals surface area contributed by atoms with Crippen LogP contribution in [0, 0.1) is 12.8 Å². The lowest BCUT2D eigenvalue weighted by Gasteiger charge is -2.13. The first kappa shape index (κ1) is 16.2. The maximum absolute atomic E-state index is 12.2. The van der Waals surface area contributed by atoms with Crippen LogP contribution in [0.2, 0.25) is 0 Å². The molecule has 1 N–H and O–H groups in total. The summed E-state index contributed by atoms with van der Waals surface area (Å²) in [5.41, 5.74) is 1.65. The number of nitrogens with one attached hydrogen (secondary N) is 1. The van der Waals surface area contributed by atoms with E-state index in [1.807, 2.05) is 39.0 Å². The van der Waals surface area contributed by atoms with Crippen molar-refractivity contribution in [3.05, 3.63) is 35.4 Å². The Bertz CT molecular complexity index is 479. The van der Waals surface area contributed by atoms with E-state index in [2.05, 4.69) is 24.2 Å². The highest BCUT2D eigenvalue weighted by Gasteiger charge is 2.11. The zero-order chi connectivity index (χ0) is 15.1.